The van der Waals surface area contributed by atoms with Crippen molar-refractivity contribution >= 4 is 17.4 Å². The maximum Gasteiger partial charge on any atom is 0.254 e. The summed E-state index contributed by atoms with van der Waals surface area (Å²) < 4.78 is 0. The fourth-order valence-corrected chi connectivity index (χ4v) is 2.45. The third-order valence-corrected chi connectivity index (χ3v) is 3.60. The highest BCUT2D eigenvalue weighted by molar-refractivity contribution is 5.98. The first-order chi connectivity index (χ1) is 9.54. The molecule has 1 heterocycles. The summed E-state index contributed by atoms with van der Waals surface area (Å²) >= 11 is 0. The molecule has 108 valence electrons. The zero-order valence-electron chi connectivity index (χ0n) is 11.8. The van der Waals surface area contributed by atoms with Crippen molar-refractivity contribution in [1.29, 1.82) is 0 Å². The van der Waals surface area contributed by atoms with Crippen LogP contribution in [0.25, 0.3) is 0 Å². The van der Waals surface area contributed by atoms with Crippen LogP contribution in [0.4, 0.5) is 5.69 Å². The summed E-state index contributed by atoms with van der Waals surface area (Å²) in [5.41, 5.74) is 7.30. The number of rotatable bonds is 3. The van der Waals surface area contributed by atoms with Crippen LogP contribution in [0, 0.1) is 0 Å². The molecular formula is C14H20N4O2. The average Bonchev–Trinajstić information content (AvgIpc) is 2.95. The van der Waals surface area contributed by atoms with Crippen LogP contribution in [-0.4, -0.2) is 48.5 Å². The van der Waals surface area contributed by atoms with Gasteiger partial charge in [0.05, 0.1) is 6.04 Å². The minimum absolute atomic E-state index is 0.0793. The van der Waals surface area contributed by atoms with Gasteiger partial charge < -0.3 is 20.7 Å². The summed E-state index contributed by atoms with van der Waals surface area (Å²) in [5.74, 6) is 0.0187. The molecule has 1 unspecified atom stereocenters. The molecule has 20 heavy (non-hydrogen) atoms. The topological polar surface area (TPSA) is 82.2 Å². The van der Waals surface area contributed by atoms with Crippen LogP contribution in [0.1, 0.15) is 23.2 Å². The van der Waals surface area contributed by atoms with E-state index in [1.165, 1.54) is 0 Å². The quantitative estimate of drug-likeness (QED) is 0.375. The minimum Gasteiger partial charge on any atom is -0.409 e. The molecule has 2 rings (SSSR count). The van der Waals surface area contributed by atoms with Gasteiger partial charge in [-0.1, -0.05) is 5.16 Å². The zero-order chi connectivity index (χ0) is 14.7. The van der Waals surface area contributed by atoms with Crippen molar-refractivity contribution in [2.24, 2.45) is 10.9 Å². The first-order valence-electron chi connectivity index (χ1n) is 6.60. The molecule has 0 aliphatic carbocycles. The molecule has 6 nitrogen and oxygen atoms in total. The molecule has 0 saturated carbocycles. The molecule has 1 aromatic carbocycles. The van der Waals surface area contributed by atoms with Crippen molar-refractivity contribution < 1.29 is 10.0 Å². The molecule has 6 heteroatoms. The molecule has 0 spiro atoms. The molecule has 1 aromatic rings. The highest BCUT2D eigenvalue weighted by Crippen LogP contribution is 2.21. The Hall–Kier alpha value is -2.24. The fourth-order valence-electron chi connectivity index (χ4n) is 2.45. The summed E-state index contributed by atoms with van der Waals surface area (Å²) in [6.07, 6.45) is 1.60. The van der Waals surface area contributed by atoms with E-state index >= 15 is 0 Å². The number of nitrogens with zero attached hydrogens (tertiary/aromatic N) is 3. The highest BCUT2D eigenvalue weighted by Gasteiger charge is 2.32. The maximum atomic E-state index is 12.5. The maximum absolute atomic E-state index is 12.5. The SMILES string of the molecule is CN(C)c1ccc(C(=O)N2CCCC2C(N)=NO)cc1. The Balaban J connectivity index is 2.18. The number of nitrogens with two attached hydrogens (primary N) is 1. The Morgan fingerprint density at radius 1 is 1.40 bits per heavy atom. The lowest BCUT2D eigenvalue weighted by molar-refractivity contribution is 0.0768. The lowest BCUT2D eigenvalue weighted by Gasteiger charge is -2.24. The van der Waals surface area contributed by atoms with Crippen molar-refractivity contribution in [2.45, 2.75) is 18.9 Å². The smallest absolute Gasteiger partial charge is 0.254 e. The molecule has 3 N–H and O–H groups in total. The number of amidine groups is 1. The van der Waals surface area contributed by atoms with Crippen LogP contribution >= 0.6 is 0 Å². The molecule has 0 aromatic heterocycles. The standard InChI is InChI=1S/C14H20N4O2/c1-17(2)11-7-5-10(6-8-11)14(19)18-9-3-4-12(18)13(15)16-20/h5-8,12,20H,3-4,9H2,1-2H3,(H2,15,16). The highest BCUT2D eigenvalue weighted by atomic mass is 16.4. The second kappa shape index (κ2) is 5.81. The summed E-state index contributed by atoms with van der Waals surface area (Å²) in [6, 6.07) is 7.11. The first kappa shape index (κ1) is 14.2. The number of amides is 1. The van der Waals surface area contributed by atoms with Crippen LogP contribution < -0.4 is 10.6 Å². The Morgan fingerprint density at radius 3 is 2.60 bits per heavy atom. The second-order valence-corrected chi connectivity index (χ2v) is 5.12. The van der Waals surface area contributed by atoms with E-state index in [1.54, 1.807) is 17.0 Å². The predicted molar refractivity (Wildman–Crippen MR) is 78.2 cm³/mol. The second-order valence-electron chi connectivity index (χ2n) is 5.12. The molecule has 1 aliphatic rings. The third kappa shape index (κ3) is 2.68. The van der Waals surface area contributed by atoms with E-state index in [0.29, 0.717) is 12.1 Å². The number of oxime groups is 1. The lowest BCUT2D eigenvalue weighted by atomic mass is 10.1. The van der Waals surface area contributed by atoms with Gasteiger partial charge in [-0.05, 0) is 37.1 Å². The number of hydrogen-bond acceptors (Lipinski definition) is 4. The van der Waals surface area contributed by atoms with Gasteiger partial charge >= 0.3 is 0 Å². The summed E-state index contributed by atoms with van der Waals surface area (Å²) in [7, 11) is 3.90. The Bertz CT molecular complexity index is 510. The molecule has 1 atom stereocenters. The van der Waals surface area contributed by atoms with Crippen LogP contribution in [0.2, 0.25) is 0 Å². The van der Waals surface area contributed by atoms with Gasteiger partial charge in [0.25, 0.3) is 5.91 Å². The van der Waals surface area contributed by atoms with Gasteiger partial charge in [0.1, 0.15) is 0 Å². The molecule has 1 saturated heterocycles. The Kier molecular flexibility index (Phi) is 4.12. The number of benzene rings is 1. The lowest BCUT2D eigenvalue weighted by Crippen LogP contribution is -2.43. The fraction of sp³-hybridized carbons (Fsp3) is 0.429. The van der Waals surface area contributed by atoms with Crippen molar-refractivity contribution in [2.75, 3.05) is 25.5 Å². The number of hydrogen-bond donors (Lipinski definition) is 2. The van der Waals surface area contributed by atoms with E-state index in [9.17, 15) is 4.79 Å². The van der Waals surface area contributed by atoms with Crippen molar-refractivity contribution in [3.8, 4) is 0 Å². The number of carbonyl (C=O) groups is 1. The van der Waals surface area contributed by atoms with Gasteiger partial charge in [-0.3, -0.25) is 4.79 Å². The first-order valence-corrected chi connectivity index (χ1v) is 6.60. The van der Waals surface area contributed by atoms with Gasteiger partial charge in [0, 0.05) is 31.9 Å². The van der Waals surface area contributed by atoms with Gasteiger partial charge in [0.2, 0.25) is 0 Å². The van der Waals surface area contributed by atoms with E-state index in [4.69, 9.17) is 10.9 Å². The van der Waals surface area contributed by atoms with Crippen LogP contribution in [0.3, 0.4) is 0 Å². The van der Waals surface area contributed by atoms with Crippen LogP contribution in [0.5, 0.6) is 0 Å². The van der Waals surface area contributed by atoms with Crippen LogP contribution in [-0.2, 0) is 0 Å². The third-order valence-electron chi connectivity index (χ3n) is 3.60. The van der Waals surface area contributed by atoms with Gasteiger partial charge in [0.15, 0.2) is 5.84 Å². The van der Waals surface area contributed by atoms with Gasteiger partial charge in [-0.2, -0.15) is 0 Å². The van der Waals surface area contributed by atoms with Crippen molar-refractivity contribution in [3.05, 3.63) is 29.8 Å². The molecule has 0 radical (unpaired) electrons. The molecule has 1 fully saturated rings. The van der Waals surface area contributed by atoms with Gasteiger partial charge in [-0.25, -0.2) is 0 Å². The summed E-state index contributed by atoms with van der Waals surface area (Å²) in [4.78, 5) is 16.1. The normalized spacial score (nSPS) is 19.2. The van der Waals surface area contributed by atoms with Crippen molar-refractivity contribution in [1.82, 2.24) is 4.90 Å². The van der Waals surface area contributed by atoms with Crippen molar-refractivity contribution in [3.63, 3.8) is 0 Å². The van der Waals surface area contributed by atoms with E-state index < -0.39 is 0 Å². The molecule has 0 bridgehead atoms. The zero-order valence-corrected chi connectivity index (χ0v) is 11.8. The minimum atomic E-state index is -0.305. The predicted octanol–water partition coefficient (Wildman–Crippen LogP) is 1.10. The Morgan fingerprint density at radius 2 is 2.05 bits per heavy atom. The van der Waals surface area contributed by atoms with E-state index in [2.05, 4.69) is 5.16 Å². The summed E-state index contributed by atoms with van der Waals surface area (Å²) in [6.45, 7) is 0.634. The van der Waals surface area contributed by atoms with Gasteiger partial charge in [-0.15, -0.1) is 0 Å². The molecule has 1 aliphatic heterocycles. The largest absolute Gasteiger partial charge is 0.409 e. The number of carbonyl (C=O) groups excluding carboxylic acids is 1. The monoisotopic (exact) mass is 276 g/mol. The molecule has 1 amide bonds. The Labute approximate surface area is 118 Å². The van der Waals surface area contributed by atoms with Crippen LogP contribution in [0.15, 0.2) is 29.4 Å². The number of anilines is 1. The average molecular weight is 276 g/mol. The molecular weight excluding hydrogens is 256 g/mol. The number of likely N-dealkylation sites (tertiary alicyclic amines) is 1. The van der Waals surface area contributed by atoms with E-state index in [0.717, 1.165) is 18.5 Å². The van der Waals surface area contributed by atoms with E-state index in [-0.39, 0.29) is 17.8 Å². The van der Waals surface area contributed by atoms with E-state index in [1.807, 2.05) is 31.1 Å². The summed E-state index contributed by atoms with van der Waals surface area (Å²) in [5, 5.41) is 11.8.